The lowest BCUT2D eigenvalue weighted by Gasteiger charge is -2.36. The van der Waals surface area contributed by atoms with Crippen molar-refractivity contribution in [3.63, 3.8) is 0 Å². The van der Waals surface area contributed by atoms with E-state index in [1.807, 2.05) is 17.7 Å². The number of halogens is 1. The molecule has 108 valence electrons. The topological polar surface area (TPSA) is 43.8 Å². The first-order valence-electron chi connectivity index (χ1n) is 7.45. The lowest BCUT2D eigenvalue weighted by Crippen LogP contribution is -2.35. The molecule has 2 aromatic rings. The summed E-state index contributed by atoms with van der Waals surface area (Å²) in [7, 11) is 1.97. The summed E-state index contributed by atoms with van der Waals surface area (Å²) in [5.41, 5.74) is 7.55. The molecule has 20 heavy (non-hydrogen) atoms. The van der Waals surface area contributed by atoms with Gasteiger partial charge in [-0.1, -0.05) is 25.3 Å². The quantitative estimate of drug-likeness (QED) is 0.935. The Morgan fingerprint density at radius 3 is 2.70 bits per heavy atom. The van der Waals surface area contributed by atoms with E-state index >= 15 is 0 Å². The fraction of sp³-hybridized carbons (Fsp3) is 0.562. The molecule has 1 aromatic carbocycles. The van der Waals surface area contributed by atoms with Crippen LogP contribution < -0.4 is 5.73 Å². The maximum Gasteiger partial charge on any atom is 0.151 e. The molecule has 1 fully saturated rings. The van der Waals surface area contributed by atoms with Crippen LogP contribution in [-0.4, -0.2) is 16.1 Å². The molecule has 3 rings (SSSR count). The molecule has 1 aliphatic rings. The standard InChI is InChI=1S/C16H22FN3/c1-20-13-7-5-6-12(17)15(13)19-14(20)10-16(11-18)8-3-2-4-9-16/h5-7H,2-4,8-11,18H2,1H3. The van der Waals surface area contributed by atoms with Crippen LogP contribution in [0, 0.1) is 11.2 Å². The molecule has 0 unspecified atom stereocenters. The normalized spacial score (nSPS) is 18.6. The Balaban J connectivity index is 1.98. The van der Waals surface area contributed by atoms with E-state index in [-0.39, 0.29) is 11.2 Å². The van der Waals surface area contributed by atoms with E-state index < -0.39 is 0 Å². The van der Waals surface area contributed by atoms with Gasteiger partial charge in [0.1, 0.15) is 11.3 Å². The Bertz CT molecular complexity index is 611. The molecule has 0 bridgehead atoms. The number of para-hydroxylation sites is 1. The van der Waals surface area contributed by atoms with Crippen molar-refractivity contribution in [2.45, 2.75) is 38.5 Å². The molecular weight excluding hydrogens is 253 g/mol. The highest BCUT2D eigenvalue weighted by Gasteiger charge is 2.32. The molecule has 1 heterocycles. The van der Waals surface area contributed by atoms with Crippen LogP contribution in [0.1, 0.15) is 37.9 Å². The fourth-order valence-corrected chi connectivity index (χ4v) is 3.48. The van der Waals surface area contributed by atoms with E-state index in [1.165, 1.54) is 25.3 Å². The molecule has 0 atom stereocenters. The van der Waals surface area contributed by atoms with Gasteiger partial charge in [0.25, 0.3) is 0 Å². The van der Waals surface area contributed by atoms with Crippen molar-refractivity contribution in [3.05, 3.63) is 29.8 Å². The molecule has 0 saturated heterocycles. The van der Waals surface area contributed by atoms with Crippen LogP contribution in [0.25, 0.3) is 11.0 Å². The highest BCUT2D eigenvalue weighted by Crippen LogP contribution is 2.38. The number of hydrogen-bond donors (Lipinski definition) is 1. The lowest BCUT2D eigenvalue weighted by molar-refractivity contribution is 0.192. The van der Waals surface area contributed by atoms with Gasteiger partial charge < -0.3 is 10.3 Å². The minimum absolute atomic E-state index is 0.157. The Morgan fingerprint density at radius 1 is 1.30 bits per heavy atom. The zero-order valence-corrected chi connectivity index (χ0v) is 12.0. The molecule has 2 N–H and O–H groups in total. The van der Waals surface area contributed by atoms with E-state index in [0.717, 1.165) is 30.6 Å². The van der Waals surface area contributed by atoms with Gasteiger partial charge in [-0.15, -0.1) is 0 Å². The Hall–Kier alpha value is -1.42. The van der Waals surface area contributed by atoms with Gasteiger partial charge in [0.15, 0.2) is 5.82 Å². The summed E-state index contributed by atoms with van der Waals surface area (Å²) >= 11 is 0. The van der Waals surface area contributed by atoms with Crippen molar-refractivity contribution < 1.29 is 4.39 Å². The van der Waals surface area contributed by atoms with Gasteiger partial charge >= 0.3 is 0 Å². The molecule has 0 amide bonds. The monoisotopic (exact) mass is 275 g/mol. The number of nitrogens with two attached hydrogens (primary N) is 1. The third kappa shape index (κ3) is 2.22. The van der Waals surface area contributed by atoms with Gasteiger partial charge in [-0.25, -0.2) is 9.37 Å². The second-order valence-corrected chi connectivity index (χ2v) is 6.14. The van der Waals surface area contributed by atoms with Gasteiger partial charge in [-0.2, -0.15) is 0 Å². The third-order valence-electron chi connectivity index (χ3n) is 4.84. The second-order valence-electron chi connectivity index (χ2n) is 6.14. The summed E-state index contributed by atoms with van der Waals surface area (Å²) in [4.78, 5) is 4.53. The zero-order valence-electron chi connectivity index (χ0n) is 12.0. The van der Waals surface area contributed by atoms with Crippen molar-refractivity contribution in [2.75, 3.05) is 6.54 Å². The van der Waals surface area contributed by atoms with E-state index in [9.17, 15) is 4.39 Å². The number of benzene rings is 1. The fourth-order valence-electron chi connectivity index (χ4n) is 3.48. The summed E-state index contributed by atoms with van der Waals surface area (Å²) in [6, 6.07) is 5.13. The van der Waals surface area contributed by atoms with E-state index in [0.29, 0.717) is 12.1 Å². The van der Waals surface area contributed by atoms with Crippen LogP contribution in [0.2, 0.25) is 0 Å². The Kier molecular flexibility index (Phi) is 3.50. The largest absolute Gasteiger partial charge is 0.331 e. The molecule has 3 nitrogen and oxygen atoms in total. The summed E-state index contributed by atoms with van der Waals surface area (Å²) < 4.78 is 15.9. The number of aromatic nitrogens is 2. The average Bonchev–Trinajstić information content (AvgIpc) is 2.79. The first-order chi connectivity index (χ1) is 9.65. The van der Waals surface area contributed by atoms with Crippen molar-refractivity contribution in [1.29, 1.82) is 0 Å². The van der Waals surface area contributed by atoms with Crippen molar-refractivity contribution >= 4 is 11.0 Å². The van der Waals surface area contributed by atoms with Gasteiger partial charge in [0.2, 0.25) is 0 Å². The summed E-state index contributed by atoms with van der Waals surface area (Å²) in [5, 5.41) is 0. The van der Waals surface area contributed by atoms with Crippen LogP contribution >= 0.6 is 0 Å². The van der Waals surface area contributed by atoms with E-state index in [2.05, 4.69) is 4.98 Å². The summed E-state index contributed by atoms with van der Waals surface area (Å²) in [6.45, 7) is 0.693. The van der Waals surface area contributed by atoms with E-state index in [1.54, 1.807) is 6.07 Å². The van der Waals surface area contributed by atoms with E-state index in [4.69, 9.17) is 5.73 Å². The zero-order chi connectivity index (χ0) is 14.2. The van der Waals surface area contributed by atoms with Crippen molar-refractivity contribution in [1.82, 2.24) is 9.55 Å². The van der Waals surface area contributed by atoms with Crippen molar-refractivity contribution in [3.8, 4) is 0 Å². The SMILES string of the molecule is Cn1c(CC2(CN)CCCCC2)nc2c(F)cccc21. The summed E-state index contributed by atoms with van der Waals surface area (Å²) in [5.74, 6) is 0.715. The first-order valence-corrected chi connectivity index (χ1v) is 7.45. The number of rotatable bonds is 3. The maximum atomic E-state index is 13.8. The third-order valence-corrected chi connectivity index (χ3v) is 4.84. The van der Waals surface area contributed by atoms with Gasteiger partial charge in [0, 0.05) is 13.5 Å². The van der Waals surface area contributed by atoms with Crippen molar-refractivity contribution in [2.24, 2.45) is 18.2 Å². The molecule has 1 saturated carbocycles. The Morgan fingerprint density at radius 2 is 2.05 bits per heavy atom. The molecule has 0 spiro atoms. The van der Waals surface area contributed by atoms with Crippen LogP contribution in [0.4, 0.5) is 4.39 Å². The van der Waals surface area contributed by atoms with Crippen LogP contribution in [-0.2, 0) is 13.5 Å². The molecule has 0 aliphatic heterocycles. The predicted molar refractivity (Wildman–Crippen MR) is 78.9 cm³/mol. The molecular formula is C16H22FN3. The number of nitrogens with zero attached hydrogens (tertiary/aromatic N) is 2. The average molecular weight is 275 g/mol. The Labute approximate surface area is 119 Å². The minimum Gasteiger partial charge on any atom is -0.331 e. The van der Waals surface area contributed by atoms with Crippen LogP contribution in [0.3, 0.4) is 0 Å². The first kappa shape index (κ1) is 13.6. The minimum atomic E-state index is -0.241. The van der Waals surface area contributed by atoms with Crippen LogP contribution in [0.5, 0.6) is 0 Å². The summed E-state index contributed by atoms with van der Waals surface area (Å²) in [6.07, 6.45) is 6.97. The highest BCUT2D eigenvalue weighted by molar-refractivity contribution is 5.76. The maximum absolute atomic E-state index is 13.8. The number of hydrogen-bond acceptors (Lipinski definition) is 2. The molecule has 1 aromatic heterocycles. The second kappa shape index (κ2) is 5.17. The lowest BCUT2D eigenvalue weighted by atomic mass is 9.71. The molecule has 0 radical (unpaired) electrons. The number of imidazole rings is 1. The number of fused-ring (bicyclic) bond motifs is 1. The molecule has 1 aliphatic carbocycles. The molecule has 4 heteroatoms. The van der Waals surface area contributed by atoms with Gasteiger partial charge in [-0.3, -0.25) is 0 Å². The smallest absolute Gasteiger partial charge is 0.151 e. The van der Waals surface area contributed by atoms with Gasteiger partial charge in [0.05, 0.1) is 5.52 Å². The highest BCUT2D eigenvalue weighted by atomic mass is 19.1. The predicted octanol–water partition coefficient (Wildman–Crippen LogP) is 3.16. The van der Waals surface area contributed by atoms with Gasteiger partial charge in [-0.05, 0) is 36.9 Å². The number of aryl methyl sites for hydroxylation is 1. The van der Waals surface area contributed by atoms with Crippen LogP contribution in [0.15, 0.2) is 18.2 Å².